The molecule has 0 radical (unpaired) electrons. The fraction of sp³-hybridized carbons (Fsp3) is 0.292. The quantitative estimate of drug-likeness (QED) is 0.456. The molecule has 1 saturated heterocycles. The number of nitrogens with one attached hydrogen (secondary N) is 1. The molecule has 0 aliphatic carbocycles. The molecule has 0 spiro atoms. The van der Waals surface area contributed by atoms with E-state index in [1.807, 2.05) is 4.90 Å². The highest BCUT2D eigenvalue weighted by Gasteiger charge is 2.39. The third-order valence-electron chi connectivity index (χ3n) is 5.67. The number of hydrogen-bond acceptors (Lipinski definition) is 7. The van der Waals surface area contributed by atoms with E-state index >= 15 is 0 Å². The van der Waals surface area contributed by atoms with Gasteiger partial charge in [0, 0.05) is 29.4 Å². The number of nitrogens with zero attached hydrogens (tertiary/aromatic N) is 3. The zero-order chi connectivity index (χ0) is 25.4. The van der Waals surface area contributed by atoms with Gasteiger partial charge in [0.25, 0.3) is 15.9 Å². The predicted molar refractivity (Wildman–Crippen MR) is 135 cm³/mol. The molecule has 1 atom stereocenters. The normalized spacial score (nSPS) is 17.3. The van der Waals surface area contributed by atoms with Gasteiger partial charge in [-0.15, -0.1) is 0 Å². The maximum atomic E-state index is 13.1. The van der Waals surface area contributed by atoms with E-state index in [9.17, 15) is 13.2 Å². The number of amides is 1. The molecule has 2 aromatic heterocycles. The first-order valence-corrected chi connectivity index (χ1v) is 13.1. The molecule has 0 bridgehead atoms. The van der Waals surface area contributed by atoms with Crippen molar-refractivity contribution >= 4 is 45.0 Å². The molecule has 8 nitrogen and oxygen atoms in total. The lowest BCUT2D eigenvalue weighted by Crippen LogP contribution is -2.41. The Balaban J connectivity index is 1.58. The van der Waals surface area contributed by atoms with Crippen molar-refractivity contribution in [2.45, 2.75) is 37.8 Å². The van der Waals surface area contributed by atoms with Crippen LogP contribution in [-0.2, 0) is 10.0 Å². The van der Waals surface area contributed by atoms with E-state index in [0.29, 0.717) is 23.3 Å². The summed E-state index contributed by atoms with van der Waals surface area (Å²) in [5, 5.41) is 0.286. The average molecular weight is 535 g/mol. The summed E-state index contributed by atoms with van der Waals surface area (Å²) in [5.74, 6) is 0.297. The monoisotopic (exact) mass is 534 g/mol. The molecular formula is C24H24Cl2N4O4S. The summed E-state index contributed by atoms with van der Waals surface area (Å²) in [6, 6.07) is 12.0. The second-order valence-electron chi connectivity index (χ2n) is 9.03. The van der Waals surface area contributed by atoms with Gasteiger partial charge in [0.05, 0.1) is 10.6 Å². The summed E-state index contributed by atoms with van der Waals surface area (Å²) < 4.78 is 33.8. The molecule has 11 heteroatoms. The van der Waals surface area contributed by atoms with E-state index in [1.165, 1.54) is 24.3 Å². The highest BCUT2D eigenvalue weighted by molar-refractivity contribution is 7.90. The summed E-state index contributed by atoms with van der Waals surface area (Å²) in [6.45, 7) is 7.00. The molecule has 1 amide bonds. The van der Waals surface area contributed by atoms with Gasteiger partial charge in [-0.3, -0.25) is 4.79 Å². The maximum absolute atomic E-state index is 13.1. The van der Waals surface area contributed by atoms with E-state index in [-0.39, 0.29) is 32.8 Å². The SMILES string of the molecule is CC1CN(c2ncccc2C(=O)NS(=O)(=O)c2cccc(Oc3ccc(Cl)cc3Cl)n2)C(C)(C)C1. The van der Waals surface area contributed by atoms with Crippen molar-refractivity contribution < 1.29 is 17.9 Å². The number of sulfonamides is 1. The fourth-order valence-electron chi connectivity index (χ4n) is 4.25. The van der Waals surface area contributed by atoms with Crippen molar-refractivity contribution in [2.24, 2.45) is 5.92 Å². The highest BCUT2D eigenvalue weighted by atomic mass is 35.5. The first-order chi connectivity index (χ1) is 16.5. The Morgan fingerprint density at radius 2 is 1.94 bits per heavy atom. The maximum Gasteiger partial charge on any atom is 0.281 e. The zero-order valence-corrected chi connectivity index (χ0v) is 21.7. The van der Waals surface area contributed by atoms with E-state index in [2.05, 4.69) is 35.5 Å². The lowest BCUT2D eigenvalue weighted by Gasteiger charge is -2.33. The van der Waals surface area contributed by atoms with Crippen LogP contribution in [0.4, 0.5) is 5.82 Å². The number of carbonyl (C=O) groups is 1. The van der Waals surface area contributed by atoms with Gasteiger partial charge < -0.3 is 9.64 Å². The standard InChI is InChI=1S/C24H24Cl2N4O4S/c1-15-13-24(2,3)30(14-15)22-17(6-5-11-27-22)23(31)29-35(32,33)21-8-4-7-20(28-21)34-19-10-9-16(25)12-18(19)26/h4-12,15H,13-14H2,1-3H3,(H,29,31). The van der Waals surface area contributed by atoms with Crippen molar-refractivity contribution in [3.63, 3.8) is 0 Å². The molecule has 1 unspecified atom stereocenters. The number of halogens is 2. The topological polar surface area (TPSA) is 101 Å². The van der Waals surface area contributed by atoms with Gasteiger partial charge >= 0.3 is 0 Å². The summed E-state index contributed by atoms with van der Waals surface area (Å²) in [6.07, 6.45) is 2.52. The van der Waals surface area contributed by atoms with E-state index in [0.717, 1.165) is 6.42 Å². The Morgan fingerprint density at radius 3 is 2.63 bits per heavy atom. The molecule has 1 fully saturated rings. The second kappa shape index (κ2) is 9.64. The number of benzene rings is 1. The molecular weight excluding hydrogens is 511 g/mol. The Hall–Kier alpha value is -2.88. The molecule has 3 aromatic rings. The molecule has 1 N–H and O–H groups in total. The molecule has 4 rings (SSSR count). The van der Waals surface area contributed by atoms with Crippen LogP contribution in [0.2, 0.25) is 10.0 Å². The van der Waals surface area contributed by atoms with Crippen LogP contribution < -0.4 is 14.4 Å². The number of rotatable bonds is 6. The highest BCUT2D eigenvalue weighted by Crippen LogP contribution is 2.37. The van der Waals surface area contributed by atoms with Crippen LogP contribution >= 0.6 is 23.2 Å². The fourth-order valence-corrected chi connectivity index (χ4v) is 5.62. The van der Waals surface area contributed by atoms with Crippen LogP contribution in [0, 0.1) is 5.92 Å². The Morgan fingerprint density at radius 1 is 1.17 bits per heavy atom. The van der Waals surface area contributed by atoms with Gasteiger partial charge in [0.1, 0.15) is 11.6 Å². The third-order valence-corrected chi connectivity index (χ3v) is 7.43. The summed E-state index contributed by atoms with van der Waals surface area (Å²) >= 11 is 12.0. The number of carbonyl (C=O) groups excluding carboxylic acids is 1. The lowest BCUT2D eigenvalue weighted by molar-refractivity contribution is 0.0981. The first kappa shape index (κ1) is 25.2. The van der Waals surface area contributed by atoms with Gasteiger partial charge in [-0.1, -0.05) is 36.2 Å². The molecule has 184 valence electrons. The number of hydrogen-bond donors (Lipinski definition) is 1. The predicted octanol–water partition coefficient (Wildman–Crippen LogP) is 5.32. The average Bonchev–Trinajstić information content (AvgIpc) is 3.07. The minimum absolute atomic E-state index is 0.0144. The van der Waals surface area contributed by atoms with Crippen molar-refractivity contribution in [2.75, 3.05) is 11.4 Å². The number of aromatic nitrogens is 2. The summed E-state index contributed by atoms with van der Waals surface area (Å²) in [5.41, 5.74) is -0.0590. The molecule has 1 aliphatic heterocycles. The van der Waals surface area contributed by atoms with Crippen LogP contribution in [0.5, 0.6) is 11.6 Å². The van der Waals surface area contributed by atoms with Crippen LogP contribution in [0.1, 0.15) is 37.6 Å². The molecule has 35 heavy (non-hydrogen) atoms. The van der Waals surface area contributed by atoms with Gasteiger partial charge in [-0.25, -0.2) is 9.71 Å². The Bertz CT molecular complexity index is 1380. The van der Waals surface area contributed by atoms with Crippen LogP contribution in [-0.4, -0.2) is 36.4 Å². The van der Waals surface area contributed by atoms with Crippen LogP contribution in [0.15, 0.2) is 59.8 Å². The van der Waals surface area contributed by atoms with E-state index < -0.39 is 15.9 Å². The van der Waals surface area contributed by atoms with Gasteiger partial charge in [0.2, 0.25) is 5.88 Å². The van der Waals surface area contributed by atoms with Crippen LogP contribution in [0.25, 0.3) is 0 Å². The van der Waals surface area contributed by atoms with Gasteiger partial charge in [0.15, 0.2) is 5.03 Å². The molecule has 1 aliphatic rings. The zero-order valence-electron chi connectivity index (χ0n) is 19.3. The third kappa shape index (κ3) is 5.52. The minimum atomic E-state index is -4.31. The smallest absolute Gasteiger partial charge is 0.281 e. The van der Waals surface area contributed by atoms with Gasteiger partial charge in [-0.2, -0.15) is 13.4 Å². The van der Waals surface area contributed by atoms with Gasteiger partial charge in [-0.05, 0) is 62.6 Å². The minimum Gasteiger partial charge on any atom is -0.437 e. The molecule has 3 heterocycles. The number of pyridine rings is 2. The second-order valence-corrected chi connectivity index (χ2v) is 11.5. The largest absolute Gasteiger partial charge is 0.437 e. The molecule has 0 saturated carbocycles. The Labute approximate surface area is 214 Å². The van der Waals surface area contributed by atoms with Crippen molar-refractivity contribution in [3.8, 4) is 11.6 Å². The van der Waals surface area contributed by atoms with Crippen molar-refractivity contribution in [1.82, 2.24) is 14.7 Å². The summed E-state index contributed by atoms with van der Waals surface area (Å²) in [4.78, 5) is 23.6. The van der Waals surface area contributed by atoms with Crippen molar-refractivity contribution in [1.29, 1.82) is 0 Å². The van der Waals surface area contributed by atoms with E-state index in [1.54, 1.807) is 30.5 Å². The summed E-state index contributed by atoms with van der Waals surface area (Å²) in [7, 11) is -4.31. The van der Waals surface area contributed by atoms with Crippen molar-refractivity contribution in [3.05, 3.63) is 70.3 Å². The van der Waals surface area contributed by atoms with E-state index in [4.69, 9.17) is 27.9 Å². The first-order valence-electron chi connectivity index (χ1n) is 10.9. The number of ether oxygens (including phenoxy) is 1. The Kier molecular flexibility index (Phi) is 6.95. The molecule has 1 aromatic carbocycles. The van der Waals surface area contributed by atoms with Crippen LogP contribution in [0.3, 0.4) is 0 Å². The number of anilines is 1. The lowest BCUT2D eigenvalue weighted by atomic mass is 9.97.